The summed E-state index contributed by atoms with van der Waals surface area (Å²) in [7, 11) is 0. The average Bonchev–Trinajstić information content (AvgIpc) is 2.92. The van der Waals surface area contributed by atoms with Crippen molar-refractivity contribution in [2.45, 2.75) is 20.0 Å². The fourth-order valence-electron chi connectivity index (χ4n) is 2.70. The Hall–Kier alpha value is -1.63. The smallest absolute Gasteiger partial charge is 0.234 e. The number of carbonyl (C=O) groups is 2. The maximum absolute atomic E-state index is 13.1. The van der Waals surface area contributed by atoms with Gasteiger partial charge in [-0.2, -0.15) is 11.8 Å². The Balaban J connectivity index is 2.00. The molecule has 1 aromatic carbocycles. The van der Waals surface area contributed by atoms with E-state index in [1.54, 1.807) is 0 Å². The highest BCUT2D eigenvalue weighted by molar-refractivity contribution is 7.99. The predicted octanol–water partition coefficient (Wildman–Crippen LogP) is 3.66. The van der Waals surface area contributed by atoms with E-state index in [9.17, 15) is 9.59 Å². The van der Waals surface area contributed by atoms with Gasteiger partial charge in [0.25, 0.3) is 0 Å². The van der Waals surface area contributed by atoms with Crippen molar-refractivity contribution < 1.29 is 14.3 Å². The number of carbonyl (C=O) groups excluding carboxylic acids is 2. The highest BCUT2D eigenvalue weighted by Gasteiger charge is 2.27. The maximum Gasteiger partial charge on any atom is 0.234 e. The third-order valence-corrected chi connectivity index (χ3v) is 5.56. The van der Waals surface area contributed by atoms with Gasteiger partial charge in [-0.1, -0.05) is 29.8 Å². The highest BCUT2D eigenvalue weighted by atomic mass is 32.2. The molecule has 1 aliphatic rings. The second kappa shape index (κ2) is 7.51. The van der Waals surface area contributed by atoms with Gasteiger partial charge in [-0.15, -0.1) is 11.3 Å². The lowest BCUT2D eigenvalue weighted by Crippen LogP contribution is -2.17. The highest BCUT2D eigenvalue weighted by Crippen LogP contribution is 2.38. The van der Waals surface area contributed by atoms with Crippen LogP contribution in [0.1, 0.15) is 31.9 Å². The second-order valence-electron chi connectivity index (χ2n) is 5.69. The quantitative estimate of drug-likeness (QED) is 0.826. The van der Waals surface area contributed by atoms with Gasteiger partial charge in [0.15, 0.2) is 5.78 Å². The van der Waals surface area contributed by atoms with Crippen LogP contribution in [0.25, 0.3) is 0 Å². The number of thioether (sulfide) groups is 1. The van der Waals surface area contributed by atoms with Crippen LogP contribution in [-0.2, 0) is 22.6 Å². The molecule has 1 amide bonds. The summed E-state index contributed by atoms with van der Waals surface area (Å²) in [6.07, 6.45) is 2.59. The van der Waals surface area contributed by atoms with Crippen molar-refractivity contribution in [3.63, 3.8) is 0 Å². The zero-order valence-electron chi connectivity index (χ0n) is 13.7. The Bertz CT molecular complexity index is 765. The summed E-state index contributed by atoms with van der Waals surface area (Å²) in [6.45, 7) is 3.11. The molecule has 2 aromatic rings. The molecule has 2 heterocycles. The minimum atomic E-state index is -0.0834. The number of hydrogen-bond acceptors (Lipinski definition) is 5. The number of ether oxygens (including phenoxy) is 1. The molecular formula is C18H19NO3S2. The van der Waals surface area contributed by atoms with Crippen LogP contribution in [0.4, 0.5) is 5.00 Å². The Kier molecular flexibility index (Phi) is 5.38. The Morgan fingerprint density at radius 2 is 2.04 bits per heavy atom. The molecule has 0 bridgehead atoms. The summed E-state index contributed by atoms with van der Waals surface area (Å²) in [5, 5.41) is 3.56. The Labute approximate surface area is 149 Å². The molecule has 0 unspecified atom stereocenters. The second-order valence-corrected chi connectivity index (χ2v) is 7.66. The normalized spacial score (nSPS) is 13.4. The van der Waals surface area contributed by atoms with Crippen molar-refractivity contribution in [1.82, 2.24) is 0 Å². The molecule has 0 saturated carbocycles. The summed E-state index contributed by atoms with van der Waals surface area (Å²) in [5.74, 6) is 0.255. The first-order chi connectivity index (χ1) is 11.6. The number of thiophene rings is 1. The number of ketones is 1. The first kappa shape index (κ1) is 17.2. The van der Waals surface area contributed by atoms with Crippen LogP contribution in [0.2, 0.25) is 0 Å². The summed E-state index contributed by atoms with van der Waals surface area (Å²) in [5.41, 5.74) is 3.42. The van der Waals surface area contributed by atoms with E-state index in [4.69, 9.17) is 4.74 Å². The molecule has 0 saturated heterocycles. The largest absolute Gasteiger partial charge is 0.376 e. The zero-order valence-corrected chi connectivity index (χ0v) is 15.3. The van der Waals surface area contributed by atoms with E-state index in [-0.39, 0.29) is 11.7 Å². The first-order valence-corrected chi connectivity index (χ1v) is 9.93. The van der Waals surface area contributed by atoms with Gasteiger partial charge in [0.1, 0.15) is 5.00 Å². The fraction of sp³-hybridized carbons (Fsp3) is 0.333. The predicted molar refractivity (Wildman–Crippen MR) is 99.3 cm³/mol. The lowest BCUT2D eigenvalue weighted by molar-refractivity contribution is -0.113. The molecule has 4 nitrogen and oxygen atoms in total. The summed E-state index contributed by atoms with van der Waals surface area (Å²) >= 11 is 2.91. The molecule has 0 aliphatic carbocycles. The van der Waals surface area contributed by atoms with Crippen LogP contribution in [0.5, 0.6) is 0 Å². The van der Waals surface area contributed by atoms with Gasteiger partial charge >= 0.3 is 0 Å². The van der Waals surface area contributed by atoms with Crippen molar-refractivity contribution in [1.29, 1.82) is 0 Å². The number of amides is 1. The van der Waals surface area contributed by atoms with E-state index < -0.39 is 0 Å². The third-order valence-electron chi connectivity index (χ3n) is 3.89. The molecule has 1 aromatic heterocycles. The van der Waals surface area contributed by atoms with Crippen LogP contribution in [0.15, 0.2) is 24.3 Å². The van der Waals surface area contributed by atoms with Crippen molar-refractivity contribution >= 4 is 39.8 Å². The molecule has 0 atom stereocenters. The standard InChI is InChI=1S/C18H19NO3S2/c1-11-3-5-12(6-4-11)17(21)16-13-7-8-22-9-14(13)24-18(16)19-15(20)10-23-2/h3-6H,7-10H2,1-2H3,(H,19,20). The van der Waals surface area contributed by atoms with E-state index in [0.717, 1.165) is 16.0 Å². The van der Waals surface area contributed by atoms with E-state index in [1.807, 2.05) is 37.4 Å². The van der Waals surface area contributed by atoms with E-state index in [2.05, 4.69) is 5.32 Å². The third kappa shape index (κ3) is 3.55. The molecular weight excluding hydrogens is 342 g/mol. The molecule has 126 valence electrons. The molecule has 1 aliphatic heterocycles. The van der Waals surface area contributed by atoms with E-state index >= 15 is 0 Å². The number of aryl methyl sites for hydroxylation is 1. The SMILES string of the molecule is CSCC(=O)Nc1sc2c(c1C(=O)c1ccc(C)cc1)CCOC2. The van der Waals surface area contributed by atoms with Crippen molar-refractivity contribution in [3.8, 4) is 0 Å². The zero-order chi connectivity index (χ0) is 17.1. The molecule has 6 heteroatoms. The summed E-state index contributed by atoms with van der Waals surface area (Å²) < 4.78 is 5.50. The molecule has 1 N–H and O–H groups in total. The van der Waals surface area contributed by atoms with Crippen LogP contribution in [0, 0.1) is 6.92 Å². The molecule has 0 spiro atoms. The first-order valence-electron chi connectivity index (χ1n) is 7.72. The lowest BCUT2D eigenvalue weighted by Gasteiger charge is -2.13. The van der Waals surface area contributed by atoms with Gasteiger partial charge in [-0.05, 0) is 25.2 Å². The van der Waals surface area contributed by atoms with Gasteiger partial charge in [-0.3, -0.25) is 9.59 Å². The fourth-order valence-corrected chi connectivity index (χ4v) is 4.24. The number of benzene rings is 1. The molecule has 0 fully saturated rings. The molecule has 0 radical (unpaired) electrons. The molecule has 3 rings (SSSR count). The molecule has 24 heavy (non-hydrogen) atoms. The van der Waals surface area contributed by atoms with Crippen LogP contribution in [-0.4, -0.2) is 30.3 Å². The monoisotopic (exact) mass is 361 g/mol. The van der Waals surface area contributed by atoms with E-state index in [1.165, 1.54) is 23.1 Å². The summed E-state index contributed by atoms with van der Waals surface area (Å²) in [6, 6.07) is 7.55. The van der Waals surface area contributed by atoms with Crippen molar-refractivity contribution in [2.75, 3.05) is 23.9 Å². The van der Waals surface area contributed by atoms with Gasteiger partial charge in [0.2, 0.25) is 5.91 Å². The van der Waals surface area contributed by atoms with Gasteiger partial charge < -0.3 is 10.1 Å². The average molecular weight is 361 g/mol. The topological polar surface area (TPSA) is 55.4 Å². The Morgan fingerprint density at radius 1 is 1.29 bits per heavy atom. The number of anilines is 1. The minimum absolute atomic E-state index is 0.0335. The van der Waals surface area contributed by atoms with Gasteiger partial charge in [0.05, 0.1) is 24.5 Å². The number of hydrogen-bond donors (Lipinski definition) is 1. The van der Waals surface area contributed by atoms with Gasteiger partial charge in [-0.25, -0.2) is 0 Å². The van der Waals surface area contributed by atoms with Crippen LogP contribution >= 0.6 is 23.1 Å². The van der Waals surface area contributed by atoms with Crippen molar-refractivity contribution in [2.24, 2.45) is 0 Å². The summed E-state index contributed by atoms with van der Waals surface area (Å²) in [4.78, 5) is 26.1. The number of fused-ring (bicyclic) bond motifs is 1. The Morgan fingerprint density at radius 3 is 2.75 bits per heavy atom. The van der Waals surface area contributed by atoms with Crippen molar-refractivity contribution in [3.05, 3.63) is 51.4 Å². The van der Waals surface area contributed by atoms with Crippen LogP contribution in [0.3, 0.4) is 0 Å². The minimum Gasteiger partial charge on any atom is -0.376 e. The van der Waals surface area contributed by atoms with Gasteiger partial charge in [0, 0.05) is 10.4 Å². The van der Waals surface area contributed by atoms with Crippen LogP contribution < -0.4 is 5.32 Å². The maximum atomic E-state index is 13.1. The number of nitrogens with one attached hydrogen (secondary N) is 1. The number of rotatable bonds is 5. The lowest BCUT2D eigenvalue weighted by atomic mass is 9.97. The van der Waals surface area contributed by atoms with E-state index in [0.29, 0.717) is 41.5 Å².